The van der Waals surface area contributed by atoms with Gasteiger partial charge in [0, 0.05) is 19.2 Å². The lowest BCUT2D eigenvalue weighted by molar-refractivity contribution is 0.0722. The third kappa shape index (κ3) is 2.46. The first-order valence-electron chi connectivity index (χ1n) is 5.73. The van der Waals surface area contributed by atoms with Gasteiger partial charge in [0.05, 0.1) is 5.56 Å². The highest BCUT2D eigenvalue weighted by atomic mass is 19.1. The highest BCUT2D eigenvalue weighted by molar-refractivity contribution is 5.94. The topological polar surface area (TPSA) is 20.3 Å². The molecule has 1 atom stereocenters. The number of rotatable bonds is 3. The Labute approximate surface area is 99.2 Å². The van der Waals surface area contributed by atoms with Crippen LogP contribution in [-0.4, -0.2) is 23.9 Å². The van der Waals surface area contributed by atoms with Crippen LogP contribution in [0.1, 0.15) is 30.1 Å². The number of benzene rings is 1. The largest absolute Gasteiger partial charge is 0.339 e. The molecule has 0 bridgehead atoms. The van der Waals surface area contributed by atoms with Crippen LogP contribution in [0, 0.1) is 17.6 Å². The standard InChI is InChI=1S/C13H15F2NO/c1-8(9-3-4-9)16(2)13(17)11-6-5-10(14)7-12(11)15/h5-9H,3-4H2,1-2H3. The van der Waals surface area contributed by atoms with Crippen LogP contribution >= 0.6 is 0 Å². The fourth-order valence-corrected chi connectivity index (χ4v) is 1.93. The fourth-order valence-electron chi connectivity index (χ4n) is 1.93. The monoisotopic (exact) mass is 239 g/mol. The smallest absolute Gasteiger partial charge is 0.256 e. The van der Waals surface area contributed by atoms with Crippen LogP contribution < -0.4 is 0 Å². The molecule has 1 aromatic carbocycles. The summed E-state index contributed by atoms with van der Waals surface area (Å²) in [7, 11) is 1.66. The summed E-state index contributed by atoms with van der Waals surface area (Å²) in [5.74, 6) is -1.34. The summed E-state index contributed by atoms with van der Waals surface area (Å²) in [5.41, 5.74) is -0.0681. The van der Waals surface area contributed by atoms with Gasteiger partial charge in [-0.3, -0.25) is 4.79 Å². The molecule has 4 heteroatoms. The molecule has 0 radical (unpaired) electrons. The van der Waals surface area contributed by atoms with Gasteiger partial charge in [-0.2, -0.15) is 0 Å². The van der Waals surface area contributed by atoms with E-state index < -0.39 is 11.6 Å². The molecule has 0 saturated heterocycles. The van der Waals surface area contributed by atoms with Gasteiger partial charge in [0.15, 0.2) is 0 Å². The zero-order valence-corrected chi connectivity index (χ0v) is 9.91. The molecule has 0 aromatic heterocycles. The van der Waals surface area contributed by atoms with Crippen molar-refractivity contribution in [1.82, 2.24) is 4.90 Å². The summed E-state index contributed by atoms with van der Waals surface area (Å²) in [6, 6.07) is 3.14. The molecule has 92 valence electrons. The summed E-state index contributed by atoms with van der Waals surface area (Å²) in [5, 5.41) is 0. The van der Waals surface area contributed by atoms with Crippen molar-refractivity contribution in [3.63, 3.8) is 0 Å². The average Bonchev–Trinajstić information content (AvgIpc) is 3.10. The minimum atomic E-state index is -0.801. The maximum atomic E-state index is 13.5. The van der Waals surface area contributed by atoms with E-state index in [1.165, 1.54) is 11.0 Å². The predicted molar refractivity (Wildman–Crippen MR) is 60.6 cm³/mol. The number of carbonyl (C=O) groups is 1. The van der Waals surface area contributed by atoms with Crippen molar-refractivity contribution >= 4 is 5.91 Å². The van der Waals surface area contributed by atoms with E-state index in [2.05, 4.69) is 0 Å². The third-order valence-electron chi connectivity index (χ3n) is 3.40. The van der Waals surface area contributed by atoms with Gasteiger partial charge in [0.1, 0.15) is 11.6 Å². The van der Waals surface area contributed by atoms with Gasteiger partial charge >= 0.3 is 0 Å². The predicted octanol–water partition coefficient (Wildman–Crippen LogP) is 2.84. The van der Waals surface area contributed by atoms with Gasteiger partial charge in [-0.1, -0.05) is 0 Å². The summed E-state index contributed by atoms with van der Waals surface area (Å²) >= 11 is 0. The molecule has 1 saturated carbocycles. The van der Waals surface area contributed by atoms with Gasteiger partial charge in [0.25, 0.3) is 5.91 Å². The molecular formula is C13H15F2NO. The summed E-state index contributed by atoms with van der Waals surface area (Å²) in [4.78, 5) is 13.5. The van der Waals surface area contributed by atoms with Crippen LogP contribution in [0.5, 0.6) is 0 Å². The quantitative estimate of drug-likeness (QED) is 0.794. The third-order valence-corrected chi connectivity index (χ3v) is 3.40. The Morgan fingerprint density at radius 2 is 2.06 bits per heavy atom. The molecule has 0 N–H and O–H groups in total. The molecule has 0 heterocycles. The van der Waals surface area contributed by atoms with Gasteiger partial charge in [-0.15, -0.1) is 0 Å². The van der Waals surface area contributed by atoms with Gasteiger partial charge in [-0.25, -0.2) is 8.78 Å². The Bertz CT molecular complexity index is 443. The van der Waals surface area contributed by atoms with Gasteiger partial charge in [-0.05, 0) is 37.8 Å². The summed E-state index contributed by atoms with van der Waals surface area (Å²) < 4.78 is 26.2. The van der Waals surface area contributed by atoms with Crippen LogP contribution in [0.15, 0.2) is 18.2 Å². The van der Waals surface area contributed by atoms with Crippen LogP contribution in [0.2, 0.25) is 0 Å². The van der Waals surface area contributed by atoms with E-state index >= 15 is 0 Å². The van der Waals surface area contributed by atoms with E-state index in [1.54, 1.807) is 7.05 Å². The summed E-state index contributed by atoms with van der Waals surface area (Å²) in [6.45, 7) is 1.96. The number of nitrogens with zero attached hydrogens (tertiary/aromatic N) is 1. The zero-order valence-electron chi connectivity index (χ0n) is 9.91. The second-order valence-corrected chi connectivity index (χ2v) is 4.62. The number of halogens is 2. The Morgan fingerprint density at radius 3 is 2.59 bits per heavy atom. The molecule has 17 heavy (non-hydrogen) atoms. The maximum Gasteiger partial charge on any atom is 0.256 e. The second-order valence-electron chi connectivity index (χ2n) is 4.62. The minimum absolute atomic E-state index is 0.0681. The van der Waals surface area contributed by atoms with Crippen molar-refractivity contribution in [2.45, 2.75) is 25.8 Å². The van der Waals surface area contributed by atoms with Crippen LogP contribution in [0.4, 0.5) is 8.78 Å². The number of amides is 1. The zero-order chi connectivity index (χ0) is 12.6. The van der Waals surface area contributed by atoms with E-state index in [0.29, 0.717) is 5.92 Å². The van der Waals surface area contributed by atoms with Crippen molar-refractivity contribution in [3.05, 3.63) is 35.4 Å². The van der Waals surface area contributed by atoms with E-state index in [0.717, 1.165) is 25.0 Å². The number of carbonyl (C=O) groups excluding carboxylic acids is 1. The van der Waals surface area contributed by atoms with Crippen molar-refractivity contribution in [2.75, 3.05) is 7.05 Å². The second kappa shape index (κ2) is 4.43. The van der Waals surface area contributed by atoms with Crippen LogP contribution in [0.25, 0.3) is 0 Å². The van der Waals surface area contributed by atoms with E-state index in [1.807, 2.05) is 6.92 Å². The molecule has 0 spiro atoms. The molecule has 1 fully saturated rings. The normalized spacial score (nSPS) is 16.7. The Morgan fingerprint density at radius 1 is 1.41 bits per heavy atom. The first-order chi connectivity index (χ1) is 8.00. The Kier molecular flexibility index (Phi) is 3.13. The van der Waals surface area contributed by atoms with Crippen LogP contribution in [-0.2, 0) is 0 Å². The molecule has 1 unspecified atom stereocenters. The lowest BCUT2D eigenvalue weighted by Crippen LogP contribution is -2.36. The Hall–Kier alpha value is -1.45. The van der Waals surface area contributed by atoms with Gasteiger partial charge in [0.2, 0.25) is 0 Å². The molecule has 1 aromatic rings. The van der Waals surface area contributed by atoms with Crippen molar-refractivity contribution in [2.24, 2.45) is 5.92 Å². The summed E-state index contributed by atoms with van der Waals surface area (Å²) in [6.07, 6.45) is 2.23. The fraction of sp³-hybridized carbons (Fsp3) is 0.462. The molecular weight excluding hydrogens is 224 g/mol. The molecule has 1 aliphatic rings. The molecule has 1 amide bonds. The van der Waals surface area contributed by atoms with Crippen molar-refractivity contribution < 1.29 is 13.6 Å². The molecule has 1 aliphatic carbocycles. The lowest BCUT2D eigenvalue weighted by Gasteiger charge is -2.25. The van der Waals surface area contributed by atoms with E-state index in [9.17, 15) is 13.6 Å². The highest BCUT2D eigenvalue weighted by Gasteiger charge is 2.33. The molecule has 0 aliphatic heterocycles. The van der Waals surface area contributed by atoms with E-state index in [4.69, 9.17) is 0 Å². The first-order valence-corrected chi connectivity index (χ1v) is 5.73. The number of hydrogen-bond donors (Lipinski definition) is 0. The SMILES string of the molecule is CC(C1CC1)N(C)C(=O)c1ccc(F)cc1F. The minimum Gasteiger partial charge on any atom is -0.339 e. The van der Waals surface area contributed by atoms with Crippen LogP contribution in [0.3, 0.4) is 0 Å². The van der Waals surface area contributed by atoms with E-state index in [-0.39, 0.29) is 17.5 Å². The molecule has 2 nitrogen and oxygen atoms in total. The molecule has 2 rings (SSSR count). The maximum absolute atomic E-state index is 13.5. The first kappa shape index (κ1) is 12.0. The average molecular weight is 239 g/mol. The highest BCUT2D eigenvalue weighted by Crippen LogP contribution is 2.35. The number of hydrogen-bond acceptors (Lipinski definition) is 1. The van der Waals surface area contributed by atoms with Gasteiger partial charge < -0.3 is 4.90 Å². The van der Waals surface area contributed by atoms with Crippen molar-refractivity contribution in [1.29, 1.82) is 0 Å². The van der Waals surface area contributed by atoms with Crippen molar-refractivity contribution in [3.8, 4) is 0 Å². The Balaban J connectivity index is 2.18. The lowest BCUT2D eigenvalue weighted by atomic mass is 10.1.